The number of imidazole rings is 1. The van der Waals surface area contributed by atoms with E-state index in [4.69, 9.17) is 5.73 Å². The summed E-state index contributed by atoms with van der Waals surface area (Å²) in [7, 11) is 0. The van der Waals surface area contributed by atoms with Crippen molar-refractivity contribution in [3.8, 4) is 0 Å². The predicted octanol–water partition coefficient (Wildman–Crippen LogP) is 2.88. The van der Waals surface area contributed by atoms with Gasteiger partial charge in [0.15, 0.2) is 17.3 Å². The Morgan fingerprint density at radius 2 is 1.81 bits per heavy atom. The lowest BCUT2D eigenvalue weighted by molar-refractivity contribution is -0.148. The van der Waals surface area contributed by atoms with Gasteiger partial charge >= 0.3 is 12.1 Å². The number of benzene rings is 1. The van der Waals surface area contributed by atoms with Crippen LogP contribution in [-0.2, 0) is 23.9 Å². The summed E-state index contributed by atoms with van der Waals surface area (Å²) in [6, 6.07) is -1.07. The first-order chi connectivity index (χ1) is 14.8. The van der Waals surface area contributed by atoms with Gasteiger partial charge in [-0.1, -0.05) is 0 Å². The maximum atomic E-state index is 13.8. The minimum atomic E-state index is -4.88. The molecule has 2 heterocycles. The van der Waals surface area contributed by atoms with Crippen LogP contribution in [0.2, 0.25) is 0 Å². The Balaban J connectivity index is 1.79. The quantitative estimate of drug-likeness (QED) is 0.524. The number of carboxylic acid groups (broad SMARTS) is 1. The maximum Gasteiger partial charge on any atom is 0.449 e. The highest BCUT2D eigenvalue weighted by molar-refractivity contribution is 5.87. The molecule has 3 rings (SSSR count). The maximum absolute atomic E-state index is 13.8. The fraction of sp³-hybridized carbons (Fsp3) is 0.421. The Morgan fingerprint density at radius 1 is 1.19 bits per heavy atom. The third kappa shape index (κ3) is 4.42. The molecule has 2 aromatic rings. The molecule has 1 aromatic heterocycles. The van der Waals surface area contributed by atoms with Crippen LogP contribution < -0.4 is 5.73 Å². The third-order valence-electron chi connectivity index (χ3n) is 5.22. The highest BCUT2D eigenvalue weighted by atomic mass is 19.4. The molecule has 0 saturated carbocycles. The van der Waals surface area contributed by atoms with E-state index in [0.29, 0.717) is 12.1 Å². The van der Waals surface area contributed by atoms with Crippen LogP contribution in [0, 0.1) is 17.5 Å². The molecule has 1 amide bonds. The van der Waals surface area contributed by atoms with Crippen molar-refractivity contribution in [1.29, 1.82) is 0 Å². The van der Waals surface area contributed by atoms with Gasteiger partial charge in [0, 0.05) is 31.6 Å². The van der Waals surface area contributed by atoms with Crippen molar-refractivity contribution in [3.63, 3.8) is 0 Å². The van der Waals surface area contributed by atoms with E-state index in [2.05, 4.69) is 4.98 Å². The van der Waals surface area contributed by atoms with E-state index in [1.807, 2.05) is 0 Å². The second-order valence-electron chi connectivity index (χ2n) is 7.41. The number of nitrogens with zero attached hydrogens (tertiary/aromatic N) is 3. The molecule has 1 aliphatic rings. The van der Waals surface area contributed by atoms with E-state index in [1.165, 1.54) is 6.92 Å². The number of carbonyl (C=O) groups is 2. The van der Waals surface area contributed by atoms with E-state index < -0.39 is 59.1 Å². The second-order valence-corrected chi connectivity index (χ2v) is 7.41. The first-order valence-corrected chi connectivity index (χ1v) is 9.40. The van der Waals surface area contributed by atoms with Crippen LogP contribution >= 0.6 is 0 Å². The van der Waals surface area contributed by atoms with Crippen LogP contribution in [-0.4, -0.2) is 44.0 Å². The molecule has 0 bridgehead atoms. The van der Waals surface area contributed by atoms with Crippen molar-refractivity contribution in [2.24, 2.45) is 5.73 Å². The van der Waals surface area contributed by atoms with Crippen molar-refractivity contribution in [2.45, 2.75) is 44.6 Å². The molecule has 0 fully saturated rings. The largest absolute Gasteiger partial charge is 0.476 e. The van der Waals surface area contributed by atoms with Gasteiger partial charge in [0.05, 0.1) is 11.7 Å². The van der Waals surface area contributed by atoms with Gasteiger partial charge in [0.2, 0.25) is 11.7 Å². The Bertz CT molecular complexity index is 1070. The lowest BCUT2D eigenvalue weighted by atomic mass is 10.0. The second kappa shape index (κ2) is 8.45. The molecule has 0 saturated heterocycles. The van der Waals surface area contributed by atoms with E-state index in [1.54, 1.807) is 0 Å². The average molecular weight is 464 g/mol. The third-order valence-corrected chi connectivity index (χ3v) is 5.22. The number of aromatic carboxylic acids is 1. The van der Waals surface area contributed by atoms with Crippen LogP contribution in [0.4, 0.5) is 26.3 Å². The Labute approximate surface area is 177 Å². The van der Waals surface area contributed by atoms with Gasteiger partial charge in [-0.05, 0) is 25.0 Å². The monoisotopic (exact) mass is 464 g/mol. The summed E-state index contributed by atoms with van der Waals surface area (Å²) < 4.78 is 80.7. The molecule has 32 heavy (non-hydrogen) atoms. The molecule has 2 atom stereocenters. The van der Waals surface area contributed by atoms with Gasteiger partial charge in [-0.3, -0.25) is 4.79 Å². The van der Waals surface area contributed by atoms with E-state index in [9.17, 15) is 41.0 Å². The zero-order chi connectivity index (χ0) is 24.0. The minimum absolute atomic E-state index is 0.169. The summed E-state index contributed by atoms with van der Waals surface area (Å²) in [5, 5.41) is 9.28. The van der Waals surface area contributed by atoms with Crippen molar-refractivity contribution in [3.05, 3.63) is 52.4 Å². The number of carbonyl (C=O) groups excluding carboxylic acids is 1. The summed E-state index contributed by atoms with van der Waals surface area (Å²) in [5.74, 6) is -7.34. The number of amides is 1. The molecule has 174 valence electrons. The Hall–Kier alpha value is -3.09. The summed E-state index contributed by atoms with van der Waals surface area (Å²) in [4.78, 5) is 28.5. The molecule has 0 spiro atoms. The van der Waals surface area contributed by atoms with Gasteiger partial charge in [-0.25, -0.2) is 22.9 Å². The Morgan fingerprint density at radius 3 is 2.41 bits per heavy atom. The molecule has 3 N–H and O–H groups in total. The number of alkyl halides is 3. The van der Waals surface area contributed by atoms with E-state index >= 15 is 0 Å². The summed E-state index contributed by atoms with van der Waals surface area (Å²) in [6.07, 6.45) is -5.57. The molecule has 7 nitrogen and oxygen atoms in total. The lowest BCUT2D eigenvalue weighted by Gasteiger charge is -2.36. The highest BCUT2D eigenvalue weighted by Crippen LogP contribution is 2.36. The molecule has 1 aromatic carbocycles. The number of fused-ring (bicyclic) bond motifs is 1. The van der Waals surface area contributed by atoms with Crippen molar-refractivity contribution in [2.75, 3.05) is 6.54 Å². The van der Waals surface area contributed by atoms with Crippen LogP contribution in [0.5, 0.6) is 0 Å². The zero-order valence-corrected chi connectivity index (χ0v) is 16.6. The van der Waals surface area contributed by atoms with Crippen LogP contribution in [0.15, 0.2) is 12.1 Å². The molecule has 0 aliphatic carbocycles. The summed E-state index contributed by atoms with van der Waals surface area (Å²) in [6.45, 7) is 0.850. The average Bonchev–Trinajstić information content (AvgIpc) is 3.07. The first-order valence-electron chi connectivity index (χ1n) is 9.40. The number of halogens is 6. The Kier molecular flexibility index (Phi) is 6.22. The number of nitrogens with two attached hydrogens (primary N) is 1. The molecule has 1 aliphatic heterocycles. The number of hydrogen-bond acceptors (Lipinski definition) is 4. The highest BCUT2D eigenvalue weighted by Gasteiger charge is 2.43. The zero-order valence-electron chi connectivity index (χ0n) is 16.6. The lowest BCUT2D eigenvalue weighted by Crippen LogP contribution is -2.44. The summed E-state index contributed by atoms with van der Waals surface area (Å²) >= 11 is 0. The van der Waals surface area contributed by atoms with Crippen molar-refractivity contribution < 1.29 is 41.0 Å². The SMILES string of the molecule is CC1c2c(C(=O)O)nc(C(F)(F)F)n2CCN1C(=O)CC(N)Cc1cc(F)c(F)cc1F. The van der Waals surface area contributed by atoms with Crippen LogP contribution in [0.1, 0.15) is 47.0 Å². The van der Waals surface area contributed by atoms with Crippen LogP contribution in [0.3, 0.4) is 0 Å². The normalized spacial score (nSPS) is 17.2. The first kappa shape index (κ1) is 23.6. The van der Waals surface area contributed by atoms with E-state index in [-0.39, 0.29) is 37.2 Å². The van der Waals surface area contributed by atoms with E-state index in [0.717, 1.165) is 9.47 Å². The van der Waals surface area contributed by atoms with Gasteiger partial charge in [0.1, 0.15) is 5.82 Å². The molecular formula is C19H18F6N4O3. The predicted molar refractivity (Wildman–Crippen MR) is 96.9 cm³/mol. The number of hydrogen-bond donors (Lipinski definition) is 2. The standard InChI is InChI=1S/C19H18F6N4O3/c1-8-16-15(17(31)32)27-18(19(23,24)25)29(16)3-2-28(8)14(30)6-10(26)4-9-5-12(21)13(22)7-11(9)20/h5,7-8,10H,2-4,6,26H2,1H3,(H,31,32). The molecular weight excluding hydrogens is 446 g/mol. The molecule has 2 unspecified atom stereocenters. The summed E-state index contributed by atoms with van der Waals surface area (Å²) in [5.41, 5.74) is 4.54. The van der Waals surface area contributed by atoms with Crippen molar-refractivity contribution in [1.82, 2.24) is 14.5 Å². The number of carboxylic acids is 1. The number of aromatic nitrogens is 2. The fourth-order valence-corrected chi connectivity index (χ4v) is 3.80. The van der Waals surface area contributed by atoms with Gasteiger partial charge in [-0.15, -0.1) is 0 Å². The van der Waals surface area contributed by atoms with Gasteiger partial charge in [-0.2, -0.15) is 13.2 Å². The smallest absolute Gasteiger partial charge is 0.449 e. The van der Waals surface area contributed by atoms with Crippen LogP contribution in [0.25, 0.3) is 0 Å². The van der Waals surface area contributed by atoms with Gasteiger partial charge < -0.3 is 20.3 Å². The fourth-order valence-electron chi connectivity index (χ4n) is 3.80. The molecule has 0 radical (unpaired) electrons. The topological polar surface area (TPSA) is 101 Å². The molecule has 13 heteroatoms. The number of rotatable bonds is 5. The van der Waals surface area contributed by atoms with Gasteiger partial charge in [0.25, 0.3) is 0 Å². The van der Waals surface area contributed by atoms with Crippen molar-refractivity contribution >= 4 is 11.9 Å². The minimum Gasteiger partial charge on any atom is -0.476 e.